The summed E-state index contributed by atoms with van der Waals surface area (Å²) >= 11 is 0. The van der Waals surface area contributed by atoms with Gasteiger partial charge in [0.2, 0.25) is 0 Å². The minimum atomic E-state index is -0.00187. The lowest BCUT2D eigenvalue weighted by molar-refractivity contribution is 0.0620. The van der Waals surface area contributed by atoms with Crippen molar-refractivity contribution in [2.45, 2.75) is 19.8 Å². The highest BCUT2D eigenvalue weighted by molar-refractivity contribution is 5.93. The molecule has 2 heterocycles. The molecule has 116 valence electrons. The summed E-state index contributed by atoms with van der Waals surface area (Å²) in [5.41, 5.74) is 2.69. The third-order valence-electron chi connectivity index (χ3n) is 4.26. The van der Waals surface area contributed by atoms with Crippen LogP contribution in [-0.2, 0) is 0 Å². The predicted molar refractivity (Wildman–Crippen MR) is 84.0 cm³/mol. The SMILES string of the molecule is Cc1ccccc1-n1cc(C(=O)N2CCCC(CO)C2)cn1. The van der Waals surface area contributed by atoms with Crippen molar-refractivity contribution in [2.75, 3.05) is 19.7 Å². The summed E-state index contributed by atoms with van der Waals surface area (Å²) in [4.78, 5) is 14.4. The second-order valence-electron chi connectivity index (χ2n) is 5.90. The summed E-state index contributed by atoms with van der Waals surface area (Å²) in [5, 5.41) is 13.6. The van der Waals surface area contributed by atoms with Gasteiger partial charge in [-0.25, -0.2) is 4.68 Å². The van der Waals surface area contributed by atoms with Gasteiger partial charge in [0.15, 0.2) is 0 Å². The van der Waals surface area contributed by atoms with Crippen LogP contribution < -0.4 is 0 Å². The standard InChI is InChI=1S/C17H21N3O2/c1-13-5-2-3-7-16(13)20-11-15(9-18-20)17(22)19-8-4-6-14(10-19)12-21/h2-3,5,7,9,11,14,21H,4,6,8,10,12H2,1H3. The number of aromatic nitrogens is 2. The number of benzene rings is 1. The summed E-state index contributed by atoms with van der Waals surface area (Å²) < 4.78 is 1.75. The minimum absolute atomic E-state index is 0.00187. The quantitative estimate of drug-likeness (QED) is 0.943. The highest BCUT2D eigenvalue weighted by Gasteiger charge is 2.24. The summed E-state index contributed by atoms with van der Waals surface area (Å²) in [6.07, 6.45) is 5.34. The zero-order chi connectivity index (χ0) is 15.5. The van der Waals surface area contributed by atoms with Crippen LogP contribution >= 0.6 is 0 Å². The molecular weight excluding hydrogens is 278 g/mol. The fourth-order valence-corrected chi connectivity index (χ4v) is 2.97. The zero-order valence-electron chi connectivity index (χ0n) is 12.8. The molecule has 5 nitrogen and oxygen atoms in total. The highest BCUT2D eigenvalue weighted by Crippen LogP contribution is 2.19. The monoisotopic (exact) mass is 299 g/mol. The molecule has 22 heavy (non-hydrogen) atoms. The van der Waals surface area contributed by atoms with Crippen LogP contribution in [0.15, 0.2) is 36.7 Å². The average molecular weight is 299 g/mol. The van der Waals surface area contributed by atoms with Gasteiger partial charge in [0.05, 0.1) is 17.4 Å². The maximum absolute atomic E-state index is 12.6. The van der Waals surface area contributed by atoms with E-state index in [1.165, 1.54) is 0 Å². The Labute approximate surface area is 130 Å². The second kappa shape index (κ2) is 6.32. The molecule has 2 aromatic rings. The molecule has 1 unspecified atom stereocenters. The minimum Gasteiger partial charge on any atom is -0.396 e. The number of hydrogen-bond donors (Lipinski definition) is 1. The summed E-state index contributed by atoms with van der Waals surface area (Å²) in [6, 6.07) is 7.95. The molecule has 1 fully saturated rings. The van der Waals surface area contributed by atoms with Crippen molar-refractivity contribution in [1.29, 1.82) is 0 Å². The molecule has 1 N–H and O–H groups in total. The van der Waals surface area contributed by atoms with Crippen LogP contribution in [0.3, 0.4) is 0 Å². The van der Waals surface area contributed by atoms with Crippen molar-refractivity contribution in [3.8, 4) is 5.69 Å². The number of carbonyl (C=O) groups excluding carboxylic acids is 1. The maximum atomic E-state index is 12.6. The second-order valence-corrected chi connectivity index (χ2v) is 5.90. The van der Waals surface area contributed by atoms with E-state index in [-0.39, 0.29) is 18.4 Å². The first kappa shape index (κ1) is 14.8. The van der Waals surface area contributed by atoms with E-state index >= 15 is 0 Å². The van der Waals surface area contributed by atoms with Crippen LogP contribution in [0.25, 0.3) is 5.69 Å². The molecule has 1 aliphatic rings. The molecule has 0 radical (unpaired) electrons. The Morgan fingerprint density at radius 1 is 1.41 bits per heavy atom. The number of piperidine rings is 1. The van der Waals surface area contributed by atoms with Gasteiger partial charge >= 0.3 is 0 Å². The lowest BCUT2D eigenvalue weighted by atomic mass is 9.98. The number of likely N-dealkylation sites (tertiary alicyclic amines) is 1. The van der Waals surface area contributed by atoms with E-state index in [4.69, 9.17) is 0 Å². The van der Waals surface area contributed by atoms with E-state index in [1.54, 1.807) is 17.1 Å². The summed E-state index contributed by atoms with van der Waals surface area (Å²) in [7, 11) is 0. The normalized spacial score (nSPS) is 18.5. The Morgan fingerprint density at radius 2 is 2.23 bits per heavy atom. The first-order valence-electron chi connectivity index (χ1n) is 7.70. The van der Waals surface area contributed by atoms with Crippen LogP contribution in [0.5, 0.6) is 0 Å². The van der Waals surface area contributed by atoms with Gasteiger partial charge in [0, 0.05) is 25.9 Å². The van der Waals surface area contributed by atoms with E-state index in [1.807, 2.05) is 36.1 Å². The van der Waals surface area contributed by atoms with Gasteiger partial charge < -0.3 is 10.0 Å². The molecule has 3 rings (SSSR count). The first-order chi connectivity index (χ1) is 10.7. The van der Waals surface area contributed by atoms with Crippen LogP contribution in [-0.4, -0.2) is 45.4 Å². The number of aryl methyl sites for hydroxylation is 1. The van der Waals surface area contributed by atoms with Gasteiger partial charge in [-0.2, -0.15) is 5.10 Å². The average Bonchev–Trinajstić information content (AvgIpc) is 3.04. The third kappa shape index (κ3) is 2.90. The van der Waals surface area contributed by atoms with Gasteiger partial charge in [0.1, 0.15) is 0 Å². The highest BCUT2D eigenvalue weighted by atomic mass is 16.3. The smallest absolute Gasteiger partial charge is 0.257 e. The molecule has 0 bridgehead atoms. The van der Waals surface area contributed by atoms with Crippen LogP contribution in [0.2, 0.25) is 0 Å². The van der Waals surface area contributed by atoms with Crippen LogP contribution in [0.4, 0.5) is 0 Å². The molecule has 1 aliphatic heterocycles. The fraction of sp³-hybridized carbons (Fsp3) is 0.412. The molecule has 1 atom stereocenters. The number of aliphatic hydroxyl groups excluding tert-OH is 1. The van der Waals surface area contributed by atoms with E-state index in [0.717, 1.165) is 30.6 Å². The molecule has 1 amide bonds. The molecule has 1 aromatic heterocycles. The first-order valence-corrected chi connectivity index (χ1v) is 7.70. The Hall–Kier alpha value is -2.14. The van der Waals surface area contributed by atoms with Crippen LogP contribution in [0, 0.1) is 12.8 Å². The van der Waals surface area contributed by atoms with E-state index in [2.05, 4.69) is 5.10 Å². The Kier molecular flexibility index (Phi) is 4.24. The molecule has 0 saturated carbocycles. The number of para-hydroxylation sites is 1. The van der Waals surface area contributed by atoms with Gasteiger partial charge in [-0.05, 0) is 37.3 Å². The van der Waals surface area contributed by atoms with Crippen LogP contribution in [0.1, 0.15) is 28.8 Å². The van der Waals surface area contributed by atoms with Crippen molar-refractivity contribution >= 4 is 5.91 Å². The van der Waals surface area contributed by atoms with E-state index in [9.17, 15) is 9.90 Å². The van der Waals surface area contributed by atoms with Crippen molar-refractivity contribution in [3.63, 3.8) is 0 Å². The van der Waals surface area contributed by atoms with E-state index in [0.29, 0.717) is 12.1 Å². The largest absolute Gasteiger partial charge is 0.396 e. The molecule has 1 saturated heterocycles. The number of aliphatic hydroxyl groups is 1. The Balaban J connectivity index is 1.79. The molecule has 1 aromatic carbocycles. The van der Waals surface area contributed by atoms with Crippen molar-refractivity contribution in [3.05, 3.63) is 47.8 Å². The van der Waals surface area contributed by atoms with Gasteiger partial charge in [-0.3, -0.25) is 4.79 Å². The number of amides is 1. The third-order valence-corrected chi connectivity index (χ3v) is 4.26. The Bertz CT molecular complexity index is 665. The van der Waals surface area contributed by atoms with Crippen molar-refractivity contribution in [1.82, 2.24) is 14.7 Å². The summed E-state index contributed by atoms with van der Waals surface area (Å²) in [5.74, 6) is 0.196. The zero-order valence-corrected chi connectivity index (χ0v) is 12.8. The number of nitrogens with zero attached hydrogens (tertiary/aromatic N) is 3. The van der Waals surface area contributed by atoms with Crippen molar-refractivity contribution in [2.24, 2.45) is 5.92 Å². The number of carbonyl (C=O) groups is 1. The molecular formula is C17H21N3O2. The summed E-state index contributed by atoms with van der Waals surface area (Å²) in [6.45, 7) is 3.55. The molecule has 0 aliphatic carbocycles. The van der Waals surface area contributed by atoms with Gasteiger partial charge in [0.25, 0.3) is 5.91 Å². The lowest BCUT2D eigenvalue weighted by Crippen LogP contribution is -2.40. The van der Waals surface area contributed by atoms with Gasteiger partial charge in [-0.15, -0.1) is 0 Å². The maximum Gasteiger partial charge on any atom is 0.257 e. The predicted octanol–water partition coefficient (Wildman–Crippen LogP) is 2.03. The van der Waals surface area contributed by atoms with Gasteiger partial charge in [-0.1, -0.05) is 18.2 Å². The lowest BCUT2D eigenvalue weighted by Gasteiger charge is -2.31. The topological polar surface area (TPSA) is 58.4 Å². The number of rotatable bonds is 3. The van der Waals surface area contributed by atoms with Crippen molar-refractivity contribution < 1.29 is 9.90 Å². The molecule has 0 spiro atoms. The fourth-order valence-electron chi connectivity index (χ4n) is 2.97. The van der Waals surface area contributed by atoms with E-state index < -0.39 is 0 Å². The number of hydrogen-bond acceptors (Lipinski definition) is 3. The molecule has 5 heteroatoms. The Morgan fingerprint density at radius 3 is 3.00 bits per heavy atom.